The highest BCUT2D eigenvalue weighted by atomic mass is 16.1. The van der Waals surface area contributed by atoms with Crippen LogP contribution in [-0.2, 0) is 11.3 Å². The highest BCUT2D eigenvalue weighted by molar-refractivity contribution is 5.91. The Hall–Kier alpha value is -2.95. The summed E-state index contributed by atoms with van der Waals surface area (Å²) in [6, 6.07) is 13.1. The van der Waals surface area contributed by atoms with E-state index >= 15 is 0 Å². The fourth-order valence-electron chi connectivity index (χ4n) is 2.64. The molecule has 1 N–H and O–H groups in total. The van der Waals surface area contributed by atoms with Crippen LogP contribution in [0.5, 0.6) is 0 Å². The van der Waals surface area contributed by atoms with Crippen LogP contribution in [0.25, 0.3) is 10.9 Å². The summed E-state index contributed by atoms with van der Waals surface area (Å²) in [5, 5.41) is 3.45. The molecule has 0 aliphatic carbocycles. The zero-order chi connectivity index (χ0) is 17.1. The molecule has 0 saturated heterocycles. The predicted molar refractivity (Wildman–Crippen MR) is 95.2 cm³/mol. The summed E-state index contributed by atoms with van der Waals surface area (Å²) in [6.45, 7) is 4.16. The van der Waals surface area contributed by atoms with Gasteiger partial charge in [0.1, 0.15) is 0 Å². The van der Waals surface area contributed by atoms with E-state index in [2.05, 4.69) is 10.3 Å². The summed E-state index contributed by atoms with van der Waals surface area (Å²) < 4.78 is 1.49. The molecule has 0 spiro atoms. The molecule has 0 fully saturated rings. The van der Waals surface area contributed by atoms with Crippen LogP contribution in [-0.4, -0.2) is 15.5 Å². The lowest BCUT2D eigenvalue weighted by Gasteiger charge is -2.10. The van der Waals surface area contributed by atoms with Crippen LogP contribution in [0.3, 0.4) is 0 Å². The summed E-state index contributed by atoms with van der Waals surface area (Å²) in [4.78, 5) is 29.0. The Morgan fingerprint density at radius 1 is 1.08 bits per heavy atom. The summed E-state index contributed by atoms with van der Waals surface area (Å²) in [5.74, 6) is -0.125. The monoisotopic (exact) mass is 321 g/mol. The van der Waals surface area contributed by atoms with E-state index < -0.39 is 0 Å². The Morgan fingerprint density at radius 2 is 1.83 bits per heavy atom. The average molecular weight is 321 g/mol. The SMILES string of the molecule is Cc1ccccc1NC(=O)CCn1cnc2c(C)cccc2c1=O. The molecule has 5 heteroatoms. The molecule has 0 aliphatic rings. The average Bonchev–Trinajstić information content (AvgIpc) is 2.57. The van der Waals surface area contributed by atoms with Crippen molar-refractivity contribution in [1.82, 2.24) is 9.55 Å². The van der Waals surface area contributed by atoms with Crippen molar-refractivity contribution < 1.29 is 4.79 Å². The van der Waals surface area contributed by atoms with Gasteiger partial charge in [-0.3, -0.25) is 14.2 Å². The Kier molecular flexibility index (Phi) is 4.42. The van der Waals surface area contributed by atoms with Gasteiger partial charge in [0.2, 0.25) is 5.91 Å². The molecular formula is C19H19N3O2. The number of para-hydroxylation sites is 2. The summed E-state index contributed by atoms with van der Waals surface area (Å²) in [5.41, 5.74) is 3.36. The normalized spacial score (nSPS) is 10.8. The summed E-state index contributed by atoms with van der Waals surface area (Å²) in [6.07, 6.45) is 1.73. The van der Waals surface area contributed by atoms with E-state index in [4.69, 9.17) is 0 Å². The van der Waals surface area contributed by atoms with Crippen molar-refractivity contribution in [3.63, 3.8) is 0 Å². The van der Waals surface area contributed by atoms with Gasteiger partial charge in [-0.15, -0.1) is 0 Å². The number of hydrogen-bond donors (Lipinski definition) is 1. The Balaban J connectivity index is 1.74. The van der Waals surface area contributed by atoms with Gasteiger partial charge in [-0.05, 0) is 37.1 Å². The van der Waals surface area contributed by atoms with Crippen molar-refractivity contribution in [3.8, 4) is 0 Å². The lowest BCUT2D eigenvalue weighted by Crippen LogP contribution is -2.24. The maximum absolute atomic E-state index is 12.5. The first-order chi connectivity index (χ1) is 11.6. The van der Waals surface area contributed by atoms with Crippen molar-refractivity contribution in [2.24, 2.45) is 0 Å². The number of aromatic nitrogens is 2. The van der Waals surface area contributed by atoms with Crippen LogP contribution >= 0.6 is 0 Å². The standard InChI is InChI=1S/C19H19N3O2/c1-13-6-3-4-9-16(13)21-17(23)10-11-22-12-20-18-14(2)7-5-8-15(18)19(22)24/h3-9,12H,10-11H2,1-2H3,(H,21,23). The van der Waals surface area contributed by atoms with Crippen molar-refractivity contribution in [2.75, 3.05) is 5.32 Å². The molecule has 5 nitrogen and oxygen atoms in total. The van der Waals surface area contributed by atoms with Crippen LogP contribution < -0.4 is 10.9 Å². The lowest BCUT2D eigenvalue weighted by molar-refractivity contribution is -0.116. The Morgan fingerprint density at radius 3 is 2.62 bits per heavy atom. The number of anilines is 1. The lowest BCUT2D eigenvalue weighted by atomic mass is 10.1. The van der Waals surface area contributed by atoms with Gasteiger partial charge in [0.05, 0.1) is 17.2 Å². The van der Waals surface area contributed by atoms with Crippen LogP contribution in [0.1, 0.15) is 17.5 Å². The maximum atomic E-state index is 12.5. The van der Waals surface area contributed by atoms with E-state index in [-0.39, 0.29) is 17.9 Å². The second-order valence-corrected chi connectivity index (χ2v) is 5.83. The second kappa shape index (κ2) is 6.66. The quantitative estimate of drug-likeness (QED) is 0.803. The first-order valence-corrected chi connectivity index (χ1v) is 7.86. The van der Waals surface area contributed by atoms with Crippen molar-refractivity contribution >= 4 is 22.5 Å². The number of carbonyl (C=O) groups excluding carboxylic acids is 1. The van der Waals surface area contributed by atoms with Crippen molar-refractivity contribution in [2.45, 2.75) is 26.8 Å². The van der Waals surface area contributed by atoms with E-state index in [9.17, 15) is 9.59 Å². The number of amides is 1. The molecule has 1 aromatic heterocycles. The number of carbonyl (C=O) groups is 1. The van der Waals surface area contributed by atoms with Gasteiger partial charge in [-0.25, -0.2) is 4.98 Å². The Bertz CT molecular complexity index is 960. The van der Waals surface area contributed by atoms with Crippen LogP contribution in [0.2, 0.25) is 0 Å². The van der Waals surface area contributed by atoms with E-state index in [1.165, 1.54) is 10.9 Å². The fraction of sp³-hybridized carbons (Fsp3) is 0.211. The zero-order valence-electron chi connectivity index (χ0n) is 13.7. The van der Waals surface area contributed by atoms with E-state index in [1.54, 1.807) is 6.07 Å². The molecule has 0 saturated carbocycles. The maximum Gasteiger partial charge on any atom is 0.261 e. The molecule has 0 atom stereocenters. The molecule has 24 heavy (non-hydrogen) atoms. The van der Waals surface area contributed by atoms with Gasteiger partial charge in [0, 0.05) is 18.7 Å². The largest absolute Gasteiger partial charge is 0.326 e. The minimum Gasteiger partial charge on any atom is -0.326 e. The third kappa shape index (κ3) is 3.20. The van der Waals surface area contributed by atoms with E-state index in [0.29, 0.717) is 17.4 Å². The van der Waals surface area contributed by atoms with Gasteiger partial charge in [0.15, 0.2) is 0 Å². The third-order valence-electron chi connectivity index (χ3n) is 4.05. The molecule has 122 valence electrons. The molecule has 3 aromatic rings. The first kappa shape index (κ1) is 15.9. The minimum atomic E-state index is -0.125. The number of fused-ring (bicyclic) bond motifs is 1. The van der Waals surface area contributed by atoms with Gasteiger partial charge in [-0.1, -0.05) is 30.3 Å². The summed E-state index contributed by atoms with van der Waals surface area (Å²) in [7, 11) is 0. The Labute approximate surface area is 140 Å². The molecule has 3 rings (SSSR count). The highest BCUT2D eigenvalue weighted by Gasteiger charge is 2.08. The topological polar surface area (TPSA) is 64.0 Å². The van der Waals surface area contributed by atoms with E-state index in [1.807, 2.05) is 50.2 Å². The van der Waals surface area contributed by atoms with Crippen LogP contribution in [0, 0.1) is 13.8 Å². The van der Waals surface area contributed by atoms with Gasteiger partial charge >= 0.3 is 0 Å². The molecule has 0 aliphatic heterocycles. The van der Waals surface area contributed by atoms with Gasteiger partial charge < -0.3 is 5.32 Å². The molecule has 0 bridgehead atoms. The van der Waals surface area contributed by atoms with Crippen LogP contribution in [0.4, 0.5) is 5.69 Å². The zero-order valence-corrected chi connectivity index (χ0v) is 13.7. The van der Waals surface area contributed by atoms with Gasteiger partial charge in [-0.2, -0.15) is 0 Å². The van der Waals surface area contributed by atoms with Crippen molar-refractivity contribution in [3.05, 3.63) is 70.3 Å². The number of nitrogens with one attached hydrogen (secondary N) is 1. The minimum absolute atomic E-state index is 0.118. The first-order valence-electron chi connectivity index (χ1n) is 7.86. The number of nitrogens with zero attached hydrogens (tertiary/aromatic N) is 2. The molecule has 0 unspecified atom stereocenters. The number of benzene rings is 2. The number of rotatable bonds is 4. The highest BCUT2D eigenvalue weighted by Crippen LogP contribution is 2.14. The fourth-order valence-corrected chi connectivity index (χ4v) is 2.64. The third-order valence-corrected chi connectivity index (χ3v) is 4.05. The smallest absolute Gasteiger partial charge is 0.261 e. The molecule has 1 heterocycles. The number of hydrogen-bond acceptors (Lipinski definition) is 3. The molecule has 0 radical (unpaired) electrons. The molecule has 2 aromatic carbocycles. The summed E-state index contributed by atoms with van der Waals surface area (Å²) >= 11 is 0. The second-order valence-electron chi connectivity index (χ2n) is 5.83. The van der Waals surface area contributed by atoms with Gasteiger partial charge in [0.25, 0.3) is 5.56 Å². The molecule has 1 amide bonds. The van der Waals surface area contributed by atoms with E-state index in [0.717, 1.165) is 16.8 Å². The predicted octanol–water partition coefficient (Wildman–Crippen LogP) is 3.04. The molecular weight excluding hydrogens is 302 g/mol. The van der Waals surface area contributed by atoms with Crippen LogP contribution in [0.15, 0.2) is 53.6 Å². The number of aryl methyl sites for hydroxylation is 3. The van der Waals surface area contributed by atoms with Crippen molar-refractivity contribution in [1.29, 1.82) is 0 Å².